The van der Waals surface area contributed by atoms with Crippen molar-refractivity contribution in [3.8, 4) is 33.7 Å². The lowest BCUT2D eigenvalue weighted by Crippen LogP contribution is -2.33. The van der Waals surface area contributed by atoms with Gasteiger partial charge in [0.1, 0.15) is 5.75 Å². The molecule has 0 spiro atoms. The Hall–Kier alpha value is -4.68. The van der Waals surface area contributed by atoms with Crippen molar-refractivity contribution in [1.29, 1.82) is 0 Å². The van der Waals surface area contributed by atoms with Crippen LogP contribution in [0.4, 0.5) is 0 Å². The SMILES string of the molecule is O=c1[nH]c2cc(-c3c(Cl)cccc3-c3ccc4c(c3)CCO4)ccc2c(=O)n1-c1cncc2ccccc12. The smallest absolute Gasteiger partial charge is 0.333 e. The van der Waals surface area contributed by atoms with Gasteiger partial charge < -0.3 is 9.72 Å². The Morgan fingerprint density at radius 3 is 2.66 bits per heavy atom. The molecule has 1 aliphatic heterocycles. The first-order chi connectivity index (χ1) is 18.6. The first-order valence-electron chi connectivity index (χ1n) is 12.3. The zero-order valence-electron chi connectivity index (χ0n) is 20.1. The fourth-order valence-corrected chi connectivity index (χ4v) is 5.57. The van der Waals surface area contributed by atoms with Gasteiger partial charge in [0.2, 0.25) is 0 Å². The minimum absolute atomic E-state index is 0.393. The van der Waals surface area contributed by atoms with Crippen LogP contribution in [0.25, 0.3) is 49.6 Å². The van der Waals surface area contributed by atoms with Crippen molar-refractivity contribution in [2.45, 2.75) is 6.42 Å². The van der Waals surface area contributed by atoms with E-state index in [0.29, 0.717) is 28.2 Å². The highest BCUT2D eigenvalue weighted by molar-refractivity contribution is 6.34. The number of fused-ring (bicyclic) bond motifs is 3. The molecule has 38 heavy (non-hydrogen) atoms. The molecule has 0 fully saturated rings. The molecule has 0 unspecified atom stereocenters. The number of benzene rings is 4. The Balaban J connectivity index is 1.41. The minimum Gasteiger partial charge on any atom is -0.493 e. The molecule has 6 nitrogen and oxygen atoms in total. The molecule has 1 aliphatic rings. The van der Waals surface area contributed by atoms with Gasteiger partial charge in [-0.05, 0) is 52.6 Å². The van der Waals surface area contributed by atoms with Crippen molar-refractivity contribution in [2.75, 3.05) is 6.61 Å². The molecule has 4 aromatic carbocycles. The van der Waals surface area contributed by atoms with Gasteiger partial charge in [-0.15, -0.1) is 0 Å². The third-order valence-electron chi connectivity index (χ3n) is 7.09. The van der Waals surface area contributed by atoms with Gasteiger partial charge in [-0.1, -0.05) is 60.1 Å². The van der Waals surface area contributed by atoms with Crippen molar-refractivity contribution in [1.82, 2.24) is 14.5 Å². The Morgan fingerprint density at radius 1 is 0.868 bits per heavy atom. The molecule has 0 saturated carbocycles. The van der Waals surface area contributed by atoms with Crippen molar-refractivity contribution in [3.63, 3.8) is 0 Å². The van der Waals surface area contributed by atoms with Crippen LogP contribution in [0.2, 0.25) is 5.02 Å². The number of hydrogen-bond donors (Lipinski definition) is 1. The maximum atomic E-state index is 13.6. The number of ether oxygens (including phenoxy) is 1. The normalized spacial score (nSPS) is 12.6. The number of hydrogen-bond acceptors (Lipinski definition) is 4. The number of aromatic nitrogens is 3. The van der Waals surface area contributed by atoms with Crippen molar-refractivity contribution < 1.29 is 4.74 Å². The second kappa shape index (κ2) is 8.71. The third kappa shape index (κ3) is 3.53. The maximum Gasteiger partial charge on any atom is 0.333 e. The topological polar surface area (TPSA) is 77.0 Å². The number of nitrogens with zero attached hydrogens (tertiary/aromatic N) is 2. The minimum atomic E-state index is -0.532. The van der Waals surface area contributed by atoms with Crippen LogP contribution in [0, 0.1) is 0 Å². The van der Waals surface area contributed by atoms with E-state index < -0.39 is 11.2 Å². The second-order valence-corrected chi connectivity index (χ2v) is 9.70. The van der Waals surface area contributed by atoms with E-state index in [1.807, 2.05) is 66.7 Å². The lowest BCUT2D eigenvalue weighted by atomic mass is 9.93. The summed E-state index contributed by atoms with van der Waals surface area (Å²) in [5, 5.41) is 2.59. The van der Waals surface area contributed by atoms with Crippen LogP contribution in [0.15, 0.2) is 101 Å². The number of pyridine rings is 1. The summed E-state index contributed by atoms with van der Waals surface area (Å²) in [5.41, 5.74) is 4.72. The van der Waals surface area contributed by atoms with Crippen LogP contribution in [0.5, 0.6) is 5.75 Å². The highest BCUT2D eigenvalue weighted by atomic mass is 35.5. The Bertz CT molecular complexity index is 2020. The molecule has 0 amide bonds. The quantitative estimate of drug-likeness (QED) is 0.305. The number of H-pyrrole nitrogens is 1. The summed E-state index contributed by atoms with van der Waals surface area (Å²) in [6, 6.07) is 24.9. The number of aromatic amines is 1. The van der Waals surface area contributed by atoms with Gasteiger partial charge in [-0.25, -0.2) is 9.36 Å². The van der Waals surface area contributed by atoms with Gasteiger partial charge in [0.25, 0.3) is 5.56 Å². The highest BCUT2D eigenvalue weighted by Gasteiger charge is 2.18. The van der Waals surface area contributed by atoms with Gasteiger partial charge in [-0.3, -0.25) is 9.78 Å². The van der Waals surface area contributed by atoms with Crippen LogP contribution in [-0.2, 0) is 6.42 Å². The maximum absolute atomic E-state index is 13.6. The van der Waals surface area contributed by atoms with Gasteiger partial charge >= 0.3 is 5.69 Å². The van der Waals surface area contributed by atoms with Crippen LogP contribution >= 0.6 is 11.6 Å². The molecule has 7 heteroatoms. The molecule has 0 saturated heterocycles. The van der Waals surface area contributed by atoms with E-state index in [4.69, 9.17) is 16.3 Å². The molecular formula is C31H20ClN3O3. The fourth-order valence-electron chi connectivity index (χ4n) is 5.28. The zero-order valence-corrected chi connectivity index (χ0v) is 20.8. The molecule has 0 bridgehead atoms. The standard InChI is InChI=1S/C31H20ClN3O3/c32-25-7-3-6-23(18-9-11-28-19(14-18)12-13-38-28)29(25)20-8-10-24-26(15-20)34-31(37)35(30(24)36)27-17-33-16-21-4-1-2-5-22(21)27/h1-11,14-17H,12-13H2,(H,34,37). The van der Waals surface area contributed by atoms with Gasteiger partial charge in [0.15, 0.2) is 0 Å². The van der Waals surface area contributed by atoms with Crippen LogP contribution in [0.3, 0.4) is 0 Å². The molecule has 0 radical (unpaired) electrons. The molecule has 1 N–H and O–H groups in total. The predicted octanol–water partition coefficient (Wildman–Crippen LogP) is 6.15. The van der Waals surface area contributed by atoms with Crippen molar-refractivity contribution in [3.05, 3.63) is 123 Å². The van der Waals surface area contributed by atoms with Crippen LogP contribution < -0.4 is 16.0 Å². The monoisotopic (exact) mass is 517 g/mol. The van der Waals surface area contributed by atoms with Crippen molar-refractivity contribution >= 4 is 33.3 Å². The van der Waals surface area contributed by atoms with E-state index in [2.05, 4.69) is 16.0 Å². The fraction of sp³-hybridized carbons (Fsp3) is 0.0645. The molecule has 3 heterocycles. The van der Waals surface area contributed by atoms with Crippen LogP contribution in [-0.4, -0.2) is 21.1 Å². The molecule has 0 aliphatic carbocycles. The third-order valence-corrected chi connectivity index (χ3v) is 7.40. The molecular weight excluding hydrogens is 498 g/mol. The predicted molar refractivity (Wildman–Crippen MR) is 151 cm³/mol. The van der Waals surface area contributed by atoms with E-state index in [1.54, 1.807) is 12.3 Å². The van der Waals surface area contributed by atoms with Crippen LogP contribution in [0.1, 0.15) is 5.56 Å². The summed E-state index contributed by atoms with van der Waals surface area (Å²) in [6.45, 7) is 0.686. The molecule has 0 atom stereocenters. The lowest BCUT2D eigenvalue weighted by Gasteiger charge is -2.14. The number of nitrogens with one attached hydrogen (secondary N) is 1. The van der Waals surface area contributed by atoms with Gasteiger partial charge in [0.05, 0.1) is 29.4 Å². The largest absolute Gasteiger partial charge is 0.493 e. The van der Waals surface area contributed by atoms with E-state index in [0.717, 1.165) is 49.8 Å². The van der Waals surface area contributed by atoms with Gasteiger partial charge in [-0.2, -0.15) is 0 Å². The van der Waals surface area contributed by atoms with E-state index in [9.17, 15) is 9.59 Å². The lowest BCUT2D eigenvalue weighted by molar-refractivity contribution is 0.357. The molecule has 184 valence electrons. The average molecular weight is 518 g/mol. The zero-order chi connectivity index (χ0) is 25.8. The first-order valence-corrected chi connectivity index (χ1v) is 12.6. The number of rotatable bonds is 3. The van der Waals surface area contributed by atoms with E-state index in [1.165, 1.54) is 11.8 Å². The van der Waals surface area contributed by atoms with Gasteiger partial charge in [0, 0.05) is 34.0 Å². The summed E-state index contributed by atoms with van der Waals surface area (Å²) in [4.78, 5) is 34.0. The van der Waals surface area contributed by atoms with E-state index in [-0.39, 0.29) is 0 Å². The summed E-state index contributed by atoms with van der Waals surface area (Å²) in [7, 11) is 0. The number of halogens is 1. The Morgan fingerprint density at radius 2 is 1.74 bits per heavy atom. The average Bonchev–Trinajstić information content (AvgIpc) is 3.41. The Labute approximate surface area is 221 Å². The molecule has 2 aromatic heterocycles. The second-order valence-electron chi connectivity index (χ2n) is 9.29. The molecule has 6 aromatic rings. The summed E-state index contributed by atoms with van der Waals surface area (Å²) >= 11 is 6.74. The molecule has 7 rings (SSSR count). The summed E-state index contributed by atoms with van der Waals surface area (Å²) < 4.78 is 6.81. The highest BCUT2D eigenvalue weighted by Crippen LogP contribution is 2.40. The Kier molecular flexibility index (Phi) is 5.16. The summed E-state index contributed by atoms with van der Waals surface area (Å²) in [6.07, 6.45) is 4.12. The van der Waals surface area contributed by atoms with Crippen molar-refractivity contribution in [2.24, 2.45) is 0 Å². The summed E-state index contributed by atoms with van der Waals surface area (Å²) in [5.74, 6) is 0.915. The first kappa shape index (κ1) is 22.5. The van der Waals surface area contributed by atoms with E-state index >= 15 is 0 Å².